The molecule has 3 nitrogen and oxygen atoms in total. The molecule has 0 unspecified atom stereocenters. The lowest BCUT2D eigenvalue weighted by Crippen LogP contribution is -2.22. The summed E-state index contributed by atoms with van der Waals surface area (Å²) in [6.45, 7) is 1.55. The number of nitrogens with two attached hydrogens (primary N) is 1. The lowest BCUT2D eigenvalue weighted by molar-refractivity contribution is 0.586. The van der Waals surface area contributed by atoms with Gasteiger partial charge in [-0.3, -0.25) is 0 Å². The van der Waals surface area contributed by atoms with Crippen LogP contribution in [-0.2, 0) is 6.54 Å². The molecule has 3 N–H and O–H groups in total. The molecule has 0 aliphatic heterocycles. The van der Waals surface area contributed by atoms with Crippen LogP contribution in [0.2, 0.25) is 0 Å². The monoisotopic (exact) mass is 193 g/mol. The summed E-state index contributed by atoms with van der Waals surface area (Å²) in [5.41, 5.74) is 5.86. The first-order valence-electron chi connectivity index (χ1n) is 4.38. The van der Waals surface area contributed by atoms with E-state index in [1.165, 1.54) is 6.07 Å². The van der Waals surface area contributed by atoms with Gasteiger partial charge in [0, 0.05) is 25.2 Å². The van der Waals surface area contributed by atoms with Crippen molar-refractivity contribution in [2.45, 2.75) is 6.54 Å². The van der Waals surface area contributed by atoms with Gasteiger partial charge in [-0.05, 0) is 6.07 Å². The molecule has 1 aromatic carbocycles. The lowest BCUT2D eigenvalue weighted by Gasteiger charge is -2.05. The van der Waals surface area contributed by atoms with Crippen LogP contribution in [0.5, 0.6) is 0 Å². The summed E-state index contributed by atoms with van der Waals surface area (Å²) in [7, 11) is 0. The summed E-state index contributed by atoms with van der Waals surface area (Å²) in [5.74, 6) is -0.445. The summed E-state index contributed by atoms with van der Waals surface area (Å²) >= 11 is 0. The van der Waals surface area contributed by atoms with Crippen molar-refractivity contribution in [2.24, 2.45) is 5.73 Å². The fourth-order valence-corrected chi connectivity index (χ4v) is 1.13. The highest BCUT2D eigenvalue weighted by Crippen LogP contribution is 2.11. The van der Waals surface area contributed by atoms with Gasteiger partial charge in [-0.15, -0.1) is 0 Å². The van der Waals surface area contributed by atoms with Gasteiger partial charge >= 0.3 is 0 Å². The molecule has 0 radical (unpaired) electrons. The average molecular weight is 193 g/mol. The first-order chi connectivity index (χ1) is 6.79. The molecule has 1 rings (SSSR count). The molecule has 74 valence electrons. The molecule has 1 aromatic rings. The van der Waals surface area contributed by atoms with Crippen LogP contribution in [0.4, 0.5) is 4.39 Å². The lowest BCUT2D eigenvalue weighted by atomic mass is 10.1. The predicted molar refractivity (Wildman–Crippen MR) is 51.9 cm³/mol. The van der Waals surface area contributed by atoms with E-state index in [1.807, 2.05) is 0 Å². The summed E-state index contributed by atoms with van der Waals surface area (Å²) in [6.07, 6.45) is 0. The maximum atomic E-state index is 13.4. The van der Waals surface area contributed by atoms with Crippen molar-refractivity contribution in [1.82, 2.24) is 5.32 Å². The van der Waals surface area contributed by atoms with Gasteiger partial charge in [0.05, 0.1) is 5.56 Å². The maximum absolute atomic E-state index is 13.4. The van der Waals surface area contributed by atoms with E-state index < -0.39 is 5.82 Å². The fourth-order valence-electron chi connectivity index (χ4n) is 1.13. The number of rotatable bonds is 4. The van der Waals surface area contributed by atoms with E-state index in [4.69, 9.17) is 11.0 Å². The van der Waals surface area contributed by atoms with Crippen LogP contribution in [0.25, 0.3) is 0 Å². The van der Waals surface area contributed by atoms with E-state index in [0.717, 1.165) is 0 Å². The largest absolute Gasteiger partial charge is 0.329 e. The highest BCUT2D eigenvalue weighted by Gasteiger charge is 2.05. The topological polar surface area (TPSA) is 61.8 Å². The van der Waals surface area contributed by atoms with Gasteiger partial charge in [-0.25, -0.2) is 4.39 Å². The van der Waals surface area contributed by atoms with Crippen molar-refractivity contribution in [1.29, 1.82) is 5.26 Å². The molecule has 0 amide bonds. The summed E-state index contributed by atoms with van der Waals surface area (Å²) in [4.78, 5) is 0. The molecule has 0 atom stereocenters. The van der Waals surface area contributed by atoms with E-state index >= 15 is 0 Å². The standard InChI is InChI=1S/C10H12FN3/c11-10-8(6-13)2-1-3-9(10)7-14-5-4-12/h1-3,14H,4-5,7,12H2. The van der Waals surface area contributed by atoms with Gasteiger partial charge < -0.3 is 11.1 Å². The second-order valence-electron chi connectivity index (χ2n) is 2.86. The zero-order valence-corrected chi connectivity index (χ0v) is 7.76. The number of hydrogen-bond donors (Lipinski definition) is 2. The quantitative estimate of drug-likeness (QED) is 0.693. The molecule has 0 saturated heterocycles. The molecule has 0 aromatic heterocycles. The van der Waals surface area contributed by atoms with Crippen LogP contribution in [0.1, 0.15) is 11.1 Å². The minimum absolute atomic E-state index is 0.0806. The molecule has 14 heavy (non-hydrogen) atoms. The Morgan fingerprint density at radius 2 is 2.29 bits per heavy atom. The molecule has 0 spiro atoms. The molecule has 0 saturated carbocycles. The van der Waals surface area contributed by atoms with Crippen molar-refractivity contribution < 1.29 is 4.39 Å². The highest BCUT2D eigenvalue weighted by molar-refractivity contribution is 5.34. The van der Waals surface area contributed by atoms with Crippen LogP contribution in [0, 0.1) is 17.1 Å². The average Bonchev–Trinajstić information content (AvgIpc) is 2.21. The number of nitrogens with zero attached hydrogens (tertiary/aromatic N) is 1. The number of nitriles is 1. The number of benzene rings is 1. The number of nitrogens with one attached hydrogen (secondary N) is 1. The molecule has 0 aliphatic rings. The Morgan fingerprint density at radius 1 is 1.50 bits per heavy atom. The van der Waals surface area contributed by atoms with E-state index in [0.29, 0.717) is 25.2 Å². The van der Waals surface area contributed by atoms with Gasteiger partial charge in [-0.1, -0.05) is 12.1 Å². The Labute approximate surface area is 82.3 Å². The van der Waals surface area contributed by atoms with Crippen molar-refractivity contribution in [3.05, 3.63) is 35.1 Å². The Kier molecular flexibility index (Phi) is 4.05. The minimum atomic E-state index is -0.445. The first-order valence-corrected chi connectivity index (χ1v) is 4.38. The van der Waals surface area contributed by atoms with Gasteiger partial charge in [0.2, 0.25) is 0 Å². The van der Waals surface area contributed by atoms with Crippen LogP contribution < -0.4 is 11.1 Å². The van der Waals surface area contributed by atoms with Crippen molar-refractivity contribution >= 4 is 0 Å². The first kappa shape index (κ1) is 10.6. The second kappa shape index (κ2) is 5.32. The normalized spacial score (nSPS) is 9.79. The zero-order valence-electron chi connectivity index (χ0n) is 7.76. The molecule has 0 aliphatic carbocycles. The van der Waals surface area contributed by atoms with Crippen LogP contribution in [0.3, 0.4) is 0 Å². The van der Waals surface area contributed by atoms with Crippen LogP contribution in [-0.4, -0.2) is 13.1 Å². The smallest absolute Gasteiger partial charge is 0.145 e. The minimum Gasteiger partial charge on any atom is -0.329 e. The Morgan fingerprint density at radius 3 is 2.93 bits per heavy atom. The molecular formula is C10H12FN3. The van der Waals surface area contributed by atoms with Gasteiger partial charge in [0.15, 0.2) is 0 Å². The van der Waals surface area contributed by atoms with E-state index in [1.54, 1.807) is 18.2 Å². The Hall–Kier alpha value is -1.44. The molecule has 4 heteroatoms. The van der Waals surface area contributed by atoms with Crippen molar-refractivity contribution in [3.8, 4) is 6.07 Å². The fraction of sp³-hybridized carbons (Fsp3) is 0.300. The zero-order chi connectivity index (χ0) is 10.4. The molecule has 0 heterocycles. The number of hydrogen-bond acceptors (Lipinski definition) is 3. The maximum Gasteiger partial charge on any atom is 0.145 e. The van der Waals surface area contributed by atoms with Crippen molar-refractivity contribution in [2.75, 3.05) is 13.1 Å². The predicted octanol–water partition coefficient (Wildman–Crippen LogP) is 0.746. The number of halogens is 1. The molecule has 0 fully saturated rings. The third-order valence-electron chi connectivity index (χ3n) is 1.84. The Balaban J connectivity index is 2.73. The summed E-state index contributed by atoms with van der Waals surface area (Å²) in [5, 5.41) is 11.6. The molecular weight excluding hydrogens is 181 g/mol. The van der Waals surface area contributed by atoms with Gasteiger partial charge in [0.25, 0.3) is 0 Å². The van der Waals surface area contributed by atoms with E-state index in [-0.39, 0.29) is 5.56 Å². The second-order valence-corrected chi connectivity index (χ2v) is 2.86. The van der Waals surface area contributed by atoms with Gasteiger partial charge in [0.1, 0.15) is 11.9 Å². The Bertz CT molecular complexity index is 344. The SMILES string of the molecule is N#Cc1cccc(CNCCN)c1F. The summed E-state index contributed by atoms with van der Waals surface area (Å²) < 4.78 is 13.4. The van der Waals surface area contributed by atoms with E-state index in [9.17, 15) is 4.39 Å². The molecule has 0 bridgehead atoms. The van der Waals surface area contributed by atoms with Gasteiger partial charge in [-0.2, -0.15) is 5.26 Å². The van der Waals surface area contributed by atoms with Crippen LogP contribution in [0.15, 0.2) is 18.2 Å². The van der Waals surface area contributed by atoms with Crippen molar-refractivity contribution in [3.63, 3.8) is 0 Å². The highest BCUT2D eigenvalue weighted by atomic mass is 19.1. The van der Waals surface area contributed by atoms with Crippen LogP contribution >= 0.6 is 0 Å². The third kappa shape index (κ3) is 2.52. The summed E-state index contributed by atoms with van der Waals surface area (Å²) in [6, 6.07) is 6.58. The van der Waals surface area contributed by atoms with E-state index in [2.05, 4.69) is 5.32 Å². The third-order valence-corrected chi connectivity index (χ3v) is 1.84.